The summed E-state index contributed by atoms with van der Waals surface area (Å²) < 4.78 is 0. The Morgan fingerprint density at radius 3 is 2.55 bits per heavy atom. The van der Waals surface area contributed by atoms with E-state index in [1.807, 2.05) is 0 Å². The Bertz CT molecular complexity index is 571. The maximum Gasteiger partial charge on any atom is 0.252 e. The van der Waals surface area contributed by atoms with E-state index in [1.54, 1.807) is 0 Å². The van der Waals surface area contributed by atoms with E-state index in [0.717, 1.165) is 4.90 Å². The summed E-state index contributed by atoms with van der Waals surface area (Å²) in [4.78, 5) is 40.0. The first-order valence-electron chi connectivity index (χ1n) is 5.83. The fourth-order valence-electron chi connectivity index (χ4n) is 1.89. The number of hydrogen-bond acceptors (Lipinski definition) is 4. The van der Waals surface area contributed by atoms with Gasteiger partial charge in [-0.2, -0.15) is 0 Å². The number of halogens is 2. The number of carbonyl (C=O) groups excluding carboxylic acids is 3. The highest BCUT2D eigenvalue weighted by Crippen LogP contribution is 2.16. The van der Waals surface area contributed by atoms with Gasteiger partial charge in [-0.1, -0.05) is 23.2 Å². The molecule has 0 bridgehead atoms. The highest BCUT2D eigenvalue weighted by atomic mass is 35.5. The van der Waals surface area contributed by atoms with Crippen LogP contribution in [0.25, 0.3) is 0 Å². The molecule has 20 heavy (non-hydrogen) atoms. The van der Waals surface area contributed by atoms with Gasteiger partial charge in [-0.25, -0.2) is 4.98 Å². The van der Waals surface area contributed by atoms with Gasteiger partial charge in [0, 0.05) is 19.0 Å². The summed E-state index contributed by atoms with van der Waals surface area (Å²) in [5.74, 6) is -1.17. The number of amides is 3. The highest BCUT2D eigenvalue weighted by molar-refractivity contribution is 6.33. The third-order valence-corrected chi connectivity index (χ3v) is 3.37. The van der Waals surface area contributed by atoms with Crippen molar-refractivity contribution < 1.29 is 14.4 Å². The molecule has 1 aliphatic rings. The van der Waals surface area contributed by atoms with Crippen LogP contribution in [-0.2, 0) is 9.59 Å². The van der Waals surface area contributed by atoms with E-state index in [0.29, 0.717) is 0 Å². The monoisotopic (exact) mass is 315 g/mol. The van der Waals surface area contributed by atoms with Gasteiger partial charge in [0.25, 0.3) is 11.8 Å². The van der Waals surface area contributed by atoms with Crippen molar-refractivity contribution in [2.45, 2.75) is 18.9 Å². The lowest BCUT2D eigenvalue weighted by molar-refractivity contribution is -0.147. The van der Waals surface area contributed by atoms with Gasteiger partial charge in [-0.3, -0.25) is 19.3 Å². The lowest BCUT2D eigenvalue weighted by Crippen LogP contribution is -2.52. The number of piperidine rings is 1. The average Bonchev–Trinajstić information content (AvgIpc) is 2.38. The van der Waals surface area contributed by atoms with E-state index in [2.05, 4.69) is 10.3 Å². The van der Waals surface area contributed by atoms with Crippen molar-refractivity contribution in [1.82, 2.24) is 15.2 Å². The van der Waals surface area contributed by atoms with Crippen LogP contribution in [0.1, 0.15) is 23.2 Å². The van der Waals surface area contributed by atoms with Crippen LogP contribution in [0.3, 0.4) is 0 Å². The molecule has 1 aromatic rings. The molecule has 8 heteroatoms. The van der Waals surface area contributed by atoms with Gasteiger partial charge in [0.05, 0.1) is 0 Å². The molecule has 1 N–H and O–H groups in total. The van der Waals surface area contributed by atoms with Crippen molar-refractivity contribution in [1.29, 1.82) is 0 Å². The molecular formula is C12H11Cl2N3O3. The first-order valence-corrected chi connectivity index (χ1v) is 6.58. The summed E-state index contributed by atoms with van der Waals surface area (Å²) in [6.45, 7) is 0. The summed E-state index contributed by atoms with van der Waals surface area (Å²) >= 11 is 11.4. The molecule has 1 atom stereocenters. The Balaban J connectivity index is 2.11. The van der Waals surface area contributed by atoms with Crippen LogP contribution >= 0.6 is 23.2 Å². The fraction of sp³-hybridized carbons (Fsp3) is 0.333. The number of rotatable bonds is 2. The third kappa shape index (κ3) is 3.08. The van der Waals surface area contributed by atoms with Gasteiger partial charge >= 0.3 is 0 Å². The zero-order valence-corrected chi connectivity index (χ0v) is 12.0. The van der Waals surface area contributed by atoms with Crippen LogP contribution in [0, 0.1) is 0 Å². The van der Waals surface area contributed by atoms with Crippen LogP contribution < -0.4 is 5.32 Å². The van der Waals surface area contributed by atoms with Crippen LogP contribution in [0.15, 0.2) is 12.1 Å². The zero-order chi connectivity index (χ0) is 14.9. The van der Waals surface area contributed by atoms with Crippen LogP contribution in [0.2, 0.25) is 10.3 Å². The number of carbonyl (C=O) groups is 3. The van der Waals surface area contributed by atoms with Gasteiger partial charge < -0.3 is 5.32 Å². The normalized spacial score (nSPS) is 19.1. The zero-order valence-electron chi connectivity index (χ0n) is 10.5. The number of likely N-dealkylation sites (tertiary alicyclic amines) is 1. The number of nitrogens with one attached hydrogen (secondary N) is 1. The summed E-state index contributed by atoms with van der Waals surface area (Å²) in [6.07, 6.45) is 0.491. The topological polar surface area (TPSA) is 79.4 Å². The quantitative estimate of drug-likeness (QED) is 0.658. The molecule has 3 amide bonds. The Morgan fingerprint density at radius 2 is 1.95 bits per heavy atom. The van der Waals surface area contributed by atoms with Crippen molar-refractivity contribution in [3.05, 3.63) is 28.0 Å². The van der Waals surface area contributed by atoms with Gasteiger partial charge in [-0.15, -0.1) is 0 Å². The molecule has 0 spiro atoms. The van der Waals surface area contributed by atoms with E-state index >= 15 is 0 Å². The molecule has 1 unspecified atom stereocenters. The molecule has 0 aromatic carbocycles. The summed E-state index contributed by atoms with van der Waals surface area (Å²) in [7, 11) is 1.39. The third-order valence-electron chi connectivity index (χ3n) is 2.98. The van der Waals surface area contributed by atoms with Gasteiger partial charge in [0.1, 0.15) is 16.3 Å². The summed E-state index contributed by atoms with van der Waals surface area (Å²) in [6, 6.07) is 1.98. The molecule has 106 valence electrons. The largest absolute Gasteiger partial charge is 0.340 e. The Kier molecular flexibility index (Phi) is 4.25. The predicted octanol–water partition coefficient (Wildman–Crippen LogP) is 1.27. The van der Waals surface area contributed by atoms with Crippen molar-refractivity contribution in [2.75, 3.05) is 7.05 Å². The minimum Gasteiger partial charge on any atom is -0.340 e. The molecule has 2 rings (SSSR count). The smallest absolute Gasteiger partial charge is 0.252 e. The van der Waals surface area contributed by atoms with Gasteiger partial charge in [0.2, 0.25) is 5.91 Å². The molecular weight excluding hydrogens is 305 g/mol. The Morgan fingerprint density at radius 1 is 1.35 bits per heavy atom. The van der Waals surface area contributed by atoms with Crippen molar-refractivity contribution >= 4 is 40.9 Å². The van der Waals surface area contributed by atoms with E-state index < -0.39 is 17.9 Å². The standard InChI is InChI=1S/C12H11Cl2N3O3/c1-17-10(18)3-2-7(12(17)20)15-11(19)6-4-8(13)16-9(14)5-6/h4-5,7H,2-3H2,1H3,(H,15,19). The highest BCUT2D eigenvalue weighted by Gasteiger charge is 2.32. The van der Waals surface area contributed by atoms with E-state index in [-0.39, 0.29) is 34.6 Å². The van der Waals surface area contributed by atoms with Crippen molar-refractivity contribution in [2.24, 2.45) is 0 Å². The second-order valence-electron chi connectivity index (χ2n) is 4.36. The lowest BCUT2D eigenvalue weighted by Gasteiger charge is -2.28. The molecule has 1 fully saturated rings. The van der Waals surface area contributed by atoms with Crippen molar-refractivity contribution in [3.63, 3.8) is 0 Å². The molecule has 2 heterocycles. The number of imide groups is 1. The molecule has 1 saturated heterocycles. The molecule has 0 saturated carbocycles. The average molecular weight is 316 g/mol. The summed E-state index contributed by atoms with van der Waals surface area (Å²) in [5.41, 5.74) is 0.211. The molecule has 1 aliphatic heterocycles. The maximum absolute atomic E-state index is 12.0. The van der Waals surface area contributed by atoms with Crippen molar-refractivity contribution in [3.8, 4) is 0 Å². The minimum atomic E-state index is -0.726. The first-order chi connectivity index (χ1) is 9.38. The first kappa shape index (κ1) is 14.7. The van der Waals surface area contributed by atoms with E-state index in [4.69, 9.17) is 23.2 Å². The number of likely N-dealkylation sites (N-methyl/N-ethyl adjacent to an activating group) is 1. The van der Waals surface area contributed by atoms with Crippen LogP contribution in [0.4, 0.5) is 0 Å². The number of nitrogens with zero attached hydrogens (tertiary/aromatic N) is 2. The summed E-state index contributed by atoms with van der Waals surface area (Å²) in [5, 5.41) is 2.74. The number of pyridine rings is 1. The Hall–Kier alpha value is -1.66. The van der Waals surface area contributed by atoms with Gasteiger partial charge in [-0.05, 0) is 18.6 Å². The molecule has 6 nitrogen and oxygen atoms in total. The predicted molar refractivity (Wildman–Crippen MR) is 72.5 cm³/mol. The number of hydrogen-bond donors (Lipinski definition) is 1. The Labute approximate surface area is 125 Å². The second-order valence-corrected chi connectivity index (χ2v) is 5.13. The van der Waals surface area contributed by atoms with Gasteiger partial charge in [0.15, 0.2) is 0 Å². The van der Waals surface area contributed by atoms with Crippen LogP contribution in [-0.4, -0.2) is 40.7 Å². The van der Waals surface area contributed by atoms with E-state index in [1.165, 1.54) is 19.2 Å². The molecule has 0 aliphatic carbocycles. The molecule has 1 aromatic heterocycles. The molecule has 0 radical (unpaired) electrons. The number of aromatic nitrogens is 1. The van der Waals surface area contributed by atoms with Crippen LogP contribution in [0.5, 0.6) is 0 Å². The minimum absolute atomic E-state index is 0.0879. The lowest BCUT2D eigenvalue weighted by atomic mass is 10.0. The second kappa shape index (κ2) is 5.76. The maximum atomic E-state index is 12.0. The SMILES string of the molecule is CN1C(=O)CCC(NC(=O)c2cc(Cl)nc(Cl)c2)C1=O. The van der Waals surface area contributed by atoms with E-state index in [9.17, 15) is 14.4 Å². The fourth-order valence-corrected chi connectivity index (χ4v) is 2.35.